The molecule has 1 amide bonds. The van der Waals surface area contributed by atoms with Crippen molar-refractivity contribution in [1.82, 2.24) is 5.32 Å². The van der Waals surface area contributed by atoms with Crippen LogP contribution in [-0.4, -0.2) is 17.9 Å². The maximum atomic E-state index is 11.5. The van der Waals surface area contributed by atoms with E-state index in [9.17, 15) is 14.7 Å². The average Bonchev–Trinajstić information content (AvgIpc) is 2.58. The van der Waals surface area contributed by atoms with E-state index < -0.39 is 12.0 Å². The first-order valence-electron chi connectivity index (χ1n) is 10.2. The number of nitrogens with one attached hydrogen (secondary N) is 1. The number of hydrogen-bond acceptors (Lipinski definition) is 3. The van der Waals surface area contributed by atoms with E-state index in [1.54, 1.807) is 0 Å². The van der Waals surface area contributed by atoms with E-state index in [1.807, 2.05) is 0 Å². The van der Waals surface area contributed by atoms with Crippen LogP contribution in [0.4, 0.5) is 0 Å². The molecule has 0 radical (unpaired) electrons. The van der Waals surface area contributed by atoms with Gasteiger partial charge in [-0.15, -0.1) is 0 Å². The van der Waals surface area contributed by atoms with Crippen molar-refractivity contribution >= 4 is 11.9 Å². The summed E-state index contributed by atoms with van der Waals surface area (Å²) in [6.07, 6.45) is 20.9. The molecule has 5 heteroatoms. The fraction of sp³-hybridized carbons (Fsp3) is 0.810. The van der Waals surface area contributed by atoms with Gasteiger partial charge in [-0.25, -0.2) is 0 Å². The Bertz CT molecular complexity index is 372. The maximum Gasteiger partial charge on any atom is 1.00 e. The number of unbranched alkanes of at least 4 members (excludes halogenated alkanes) is 11. The van der Waals surface area contributed by atoms with E-state index in [4.69, 9.17) is 0 Å². The van der Waals surface area contributed by atoms with Gasteiger partial charge in [0.2, 0.25) is 5.91 Å². The Morgan fingerprint density at radius 1 is 0.846 bits per heavy atom. The normalized spacial score (nSPS) is 11.9. The number of allylic oxidation sites excluding steroid dienone is 2. The minimum absolute atomic E-state index is 0. The zero-order valence-corrected chi connectivity index (χ0v) is 20.5. The molecule has 0 saturated carbocycles. The summed E-state index contributed by atoms with van der Waals surface area (Å²) in [5, 5.41) is 12.9. The van der Waals surface area contributed by atoms with Crippen LogP contribution in [0.15, 0.2) is 12.2 Å². The van der Waals surface area contributed by atoms with Crippen molar-refractivity contribution < 1.29 is 66.1 Å². The van der Waals surface area contributed by atoms with Gasteiger partial charge in [-0.05, 0) is 39.0 Å². The molecule has 0 aromatic heterocycles. The molecule has 0 saturated heterocycles. The first-order valence-corrected chi connectivity index (χ1v) is 10.2. The summed E-state index contributed by atoms with van der Waals surface area (Å²) < 4.78 is 0. The third-order valence-electron chi connectivity index (χ3n) is 4.40. The number of carboxylic acid groups (broad SMARTS) is 1. The number of aliphatic carboxylic acids is 1. The summed E-state index contributed by atoms with van der Waals surface area (Å²) in [6, 6.07) is -0.907. The van der Waals surface area contributed by atoms with Gasteiger partial charge in [-0.1, -0.05) is 70.4 Å². The van der Waals surface area contributed by atoms with Crippen LogP contribution in [0.25, 0.3) is 0 Å². The zero-order valence-electron chi connectivity index (χ0n) is 17.4. The van der Waals surface area contributed by atoms with Gasteiger partial charge in [0.1, 0.15) is 0 Å². The minimum atomic E-state index is -1.24. The van der Waals surface area contributed by atoms with E-state index in [-0.39, 0.29) is 57.3 Å². The van der Waals surface area contributed by atoms with Crippen LogP contribution in [0.2, 0.25) is 0 Å². The minimum Gasteiger partial charge on any atom is -0.548 e. The molecule has 0 fully saturated rings. The van der Waals surface area contributed by atoms with Crippen LogP contribution < -0.4 is 61.8 Å². The molecule has 0 aliphatic carbocycles. The van der Waals surface area contributed by atoms with Crippen LogP contribution >= 0.6 is 0 Å². The predicted molar refractivity (Wildman–Crippen MR) is 102 cm³/mol. The SMILES string of the molecule is CCCCCCCC/C=C\CCCCCCCC(=O)NC(C)C(=O)[O-].[K+]. The van der Waals surface area contributed by atoms with Gasteiger partial charge < -0.3 is 15.2 Å². The van der Waals surface area contributed by atoms with Crippen LogP contribution in [-0.2, 0) is 9.59 Å². The molecule has 1 unspecified atom stereocenters. The monoisotopic (exact) mass is 391 g/mol. The van der Waals surface area contributed by atoms with E-state index in [0.29, 0.717) is 6.42 Å². The fourth-order valence-corrected chi connectivity index (χ4v) is 2.73. The van der Waals surface area contributed by atoms with Crippen molar-refractivity contribution in [2.24, 2.45) is 0 Å². The molecule has 1 atom stereocenters. The molecule has 1 N–H and O–H groups in total. The fourth-order valence-electron chi connectivity index (χ4n) is 2.73. The van der Waals surface area contributed by atoms with Crippen molar-refractivity contribution in [3.05, 3.63) is 12.2 Å². The van der Waals surface area contributed by atoms with E-state index in [1.165, 1.54) is 64.7 Å². The molecule has 0 spiro atoms. The van der Waals surface area contributed by atoms with E-state index >= 15 is 0 Å². The summed E-state index contributed by atoms with van der Waals surface area (Å²) in [6.45, 7) is 3.67. The summed E-state index contributed by atoms with van der Waals surface area (Å²) in [5.41, 5.74) is 0. The van der Waals surface area contributed by atoms with Crippen molar-refractivity contribution in [1.29, 1.82) is 0 Å². The molecule has 146 valence electrons. The van der Waals surface area contributed by atoms with Gasteiger partial charge in [-0.3, -0.25) is 4.79 Å². The molecule has 0 aromatic carbocycles. The number of carbonyl (C=O) groups excluding carboxylic acids is 2. The van der Waals surface area contributed by atoms with Crippen LogP contribution in [0.1, 0.15) is 104 Å². The Labute approximate surface area is 203 Å². The molecule has 0 aromatic rings. The molecule has 4 nitrogen and oxygen atoms in total. The summed E-state index contributed by atoms with van der Waals surface area (Å²) >= 11 is 0. The van der Waals surface area contributed by atoms with Gasteiger partial charge in [0.15, 0.2) is 0 Å². The van der Waals surface area contributed by atoms with Crippen LogP contribution in [0.5, 0.6) is 0 Å². The van der Waals surface area contributed by atoms with Gasteiger partial charge in [0, 0.05) is 6.42 Å². The average molecular weight is 392 g/mol. The number of hydrogen-bond donors (Lipinski definition) is 1. The number of carboxylic acids is 1. The molecule has 0 aliphatic rings. The topological polar surface area (TPSA) is 69.2 Å². The summed E-state index contributed by atoms with van der Waals surface area (Å²) in [4.78, 5) is 22.0. The van der Waals surface area contributed by atoms with Crippen LogP contribution in [0.3, 0.4) is 0 Å². The molecular formula is C21H38KNO3. The Morgan fingerprint density at radius 2 is 1.31 bits per heavy atom. The second kappa shape index (κ2) is 21.6. The standard InChI is InChI=1S/C21H39NO3.K/c1-3-4-5-6-7-8-9-10-11-12-13-14-15-16-17-18-20(23)22-19(2)21(24)25;/h10-11,19H,3-9,12-18H2,1-2H3,(H,22,23)(H,24,25);/q;+1/p-1/b11-10-;. The number of rotatable bonds is 17. The quantitative estimate of drug-likeness (QED) is 0.231. The molecule has 0 aliphatic heterocycles. The maximum absolute atomic E-state index is 11.5. The predicted octanol–water partition coefficient (Wildman–Crippen LogP) is 1.28. The number of amides is 1. The zero-order chi connectivity index (χ0) is 18.8. The van der Waals surface area contributed by atoms with Gasteiger partial charge in [0.25, 0.3) is 0 Å². The Balaban J connectivity index is 0. The second-order valence-electron chi connectivity index (χ2n) is 6.94. The summed E-state index contributed by atoms with van der Waals surface area (Å²) in [5.74, 6) is -1.44. The Hall–Kier alpha value is 0.316. The first-order chi connectivity index (χ1) is 12.1. The Kier molecular flexibility index (Phi) is 23.7. The van der Waals surface area contributed by atoms with Crippen molar-refractivity contribution in [3.63, 3.8) is 0 Å². The molecular weight excluding hydrogens is 353 g/mol. The van der Waals surface area contributed by atoms with Gasteiger partial charge in [-0.2, -0.15) is 0 Å². The summed E-state index contributed by atoms with van der Waals surface area (Å²) in [7, 11) is 0. The van der Waals surface area contributed by atoms with Crippen molar-refractivity contribution in [3.8, 4) is 0 Å². The molecule has 26 heavy (non-hydrogen) atoms. The first kappa shape index (κ1) is 28.5. The van der Waals surface area contributed by atoms with E-state index in [2.05, 4.69) is 24.4 Å². The number of carbonyl (C=O) groups is 2. The molecule has 0 bridgehead atoms. The second-order valence-corrected chi connectivity index (χ2v) is 6.94. The van der Waals surface area contributed by atoms with Gasteiger partial charge in [0.05, 0.1) is 12.0 Å². The largest absolute Gasteiger partial charge is 1.00 e. The third kappa shape index (κ3) is 20.6. The van der Waals surface area contributed by atoms with E-state index in [0.717, 1.165) is 25.7 Å². The van der Waals surface area contributed by atoms with Crippen molar-refractivity contribution in [2.45, 2.75) is 110 Å². The smallest absolute Gasteiger partial charge is 0.548 e. The van der Waals surface area contributed by atoms with Crippen LogP contribution in [0, 0.1) is 0 Å². The molecule has 0 rings (SSSR count). The van der Waals surface area contributed by atoms with Crippen molar-refractivity contribution in [2.75, 3.05) is 0 Å². The Morgan fingerprint density at radius 3 is 1.81 bits per heavy atom. The molecule has 0 heterocycles. The van der Waals surface area contributed by atoms with Gasteiger partial charge >= 0.3 is 51.4 Å². The third-order valence-corrected chi connectivity index (χ3v) is 4.40.